The van der Waals surface area contributed by atoms with Crippen LogP contribution in [-0.2, 0) is 6.42 Å². The van der Waals surface area contributed by atoms with E-state index < -0.39 is 16.2 Å². The van der Waals surface area contributed by atoms with Crippen molar-refractivity contribution >= 4 is 22.8 Å². The van der Waals surface area contributed by atoms with Gasteiger partial charge in [-0.05, 0) is 17.9 Å². The van der Waals surface area contributed by atoms with Gasteiger partial charge in [-0.1, -0.05) is 6.07 Å². The van der Waals surface area contributed by atoms with Gasteiger partial charge in [0.25, 0.3) is 0 Å². The topological polar surface area (TPSA) is 101 Å². The number of nitrogens with zero attached hydrogens (tertiary/aromatic N) is 2. The first-order valence-corrected chi connectivity index (χ1v) is 6.05. The van der Waals surface area contributed by atoms with Crippen molar-refractivity contribution in [1.82, 2.24) is 9.97 Å². The molecule has 2 rings (SSSR count). The fourth-order valence-corrected chi connectivity index (χ4v) is 2.16. The van der Waals surface area contributed by atoms with Crippen LogP contribution in [0, 0.1) is 10.1 Å². The molecule has 0 saturated carbocycles. The second kappa shape index (κ2) is 5.41. The van der Waals surface area contributed by atoms with Crippen LogP contribution in [0.2, 0.25) is 0 Å². The Labute approximate surface area is 106 Å². The molecule has 0 aliphatic heterocycles. The lowest BCUT2D eigenvalue weighted by Crippen LogP contribution is -2.17. The first-order chi connectivity index (χ1) is 8.68. The molecule has 0 spiro atoms. The predicted molar refractivity (Wildman–Crippen MR) is 68.0 cm³/mol. The summed E-state index contributed by atoms with van der Waals surface area (Å²) >= 11 is 1.61. The van der Waals surface area contributed by atoms with Gasteiger partial charge in [0.15, 0.2) is 0 Å². The van der Waals surface area contributed by atoms with Crippen molar-refractivity contribution in [3.05, 3.63) is 49.2 Å². The number of nitro groups is 1. The number of hydrogen-bond donors (Lipinski definition) is 2. The largest absolute Gasteiger partial charge is 0.375 e. The summed E-state index contributed by atoms with van der Waals surface area (Å²) in [5.74, 6) is 0.000283. The monoisotopic (exact) mass is 266 g/mol. The predicted octanol–water partition coefficient (Wildman–Crippen LogP) is 1.39. The van der Waals surface area contributed by atoms with Crippen LogP contribution in [0.5, 0.6) is 0 Å². The molecule has 2 aromatic rings. The van der Waals surface area contributed by atoms with E-state index >= 15 is 0 Å². The molecule has 18 heavy (non-hydrogen) atoms. The lowest BCUT2D eigenvalue weighted by atomic mass is 10.3. The van der Waals surface area contributed by atoms with Gasteiger partial charge in [-0.15, -0.1) is 11.3 Å². The second-order valence-electron chi connectivity index (χ2n) is 3.44. The molecule has 2 aromatic heterocycles. The van der Waals surface area contributed by atoms with Gasteiger partial charge in [0.2, 0.25) is 5.82 Å². The minimum absolute atomic E-state index is 0.000283. The molecule has 0 bridgehead atoms. The second-order valence-corrected chi connectivity index (χ2v) is 4.47. The summed E-state index contributed by atoms with van der Waals surface area (Å²) in [7, 11) is 0. The maximum atomic E-state index is 11.3. The molecule has 0 amide bonds. The number of rotatable bonds is 5. The van der Waals surface area contributed by atoms with E-state index in [9.17, 15) is 14.9 Å². The van der Waals surface area contributed by atoms with E-state index in [0.717, 1.165) is 17.6 Å². The molecule has 8 heteroatoms. The fraction of sp³-hybridized carbons (Fsp3) is 0.200. The normalized spacial score (nSPS) is 10.2. The Morgan fingerprint density at radius 2 is 2.39 bits per heavy atom. The fourth-order valence-electron chi connectivity index (χ4n) is 1.45. The van der Waals surface area contributed by atoms with E-state index in [4.69, 9.17) is 0 Å². The van der Waals surface area contributed by atoms with E-state index in [-0.39, 0.29) is 5.82 Å². The van der Waals surface area contributed by atoms with Gasteiger partial charge in [-0.2, -0.15) is 0 Å². The smallest absolute Gasteiger partial charge is 0.364 e. The van der Waals surface area contributed by atoms with E-state index in [1.807, 2.05) is 17.5 Å². The van der Waals surface area contributed by atoms with Crippen molar-refractivity contribution in [1.29, 1.82) is 0 Å². The number of H-pyrrole nitrogens is 1. The number of thiophene rings is 1. The maximum Gasteiger partial charge on any atom is 0.375 e. The first-order valence-electron chi connectivity index (χ1n) is 5.17. The van der Waals surface area contributed by atoms with Crippen LogP contribution >= 0.6 is 11.3 Å². The zero-order chi connectivity index (χ0) is 13.0. The van der Waals surface area contributed by atoms with E-state index in [1.54, 1.807) is 11.3 Å². The van der Waals surface area contributed by atoms with E-state index in [2.05, 4.69) is 15.3 Å². The lowest BCUT2D eigenvalue weighted by Gasteiger charge is -2.03. The highest BCUT2D eigenvalue weighted by Gasteiger charge is 2.19. The van der Waals surface area contributed by atoms with Gasteiger partial charge >= 0.3 is 11.2 Å². The van der Waals surface area contributed by atoms with Crippen LogP contribution in [0.3, 0.4) is 0 Å². The molecule has 0 atom stereocenters. The summed E-state index contributed by atoms with van der Waals surface area (Å²) in [5.41, 5.74) is -1.31. The minimum atomic E-state index is -0.756. The molecule has 7 nitrogen and oxygen atoms in total. The van der Waals surface area contributed by atoms with Crippen molar-refractivity contribution in [2.24, 2.45) is 0 Å². The molecule has 2 N–H and O–H groups in total. The van der Waals surface area contributed by atoms with Gasteiger partial charge in [-0.3, -0.25) is 14.9 Å². The molecule has 0 aromatic carbocycles. The Hall–Kier alpha value is -2.22. The van der Waals surface area contributed by atoms with Crippen LogP contribution in [0.1, 0.15) is 4.88 Å². The zero-order valence-electron chi connectivity index (χ0n) is 9.25. The van der Waals surface area contributed by atoms with Gasteiger partial charge in [0.05, 0.1) is 11.3 Å². The van der Waals surface area contributed by atoms with Gasteiger partial charge in [0, 0.05) is 11.4 Å². The Morgan fingerprint density at radius 3 is 3.06 bits per heavy atom. The highest BCUT2D eigenvalue weighted by atomic mass is 32.1. The number of aromatic nitrogens is 2. The number of nitrogens with one attached hydrogen (secondary N) is 2. The third-order valence-electron chi connectivity index (χ3n) is 2.26. The summed E-state index contributed by atoms with van der Waals surface area (Å²) in [4.78, 5) is 28.4. The first kappa shape index (κ1) is 12.2. The molecular formula is C10H10N4O3S. The van der Waals surface area contributed by atoms with Gasteiger partial charge < -0.3 is 10.3 Å². The van der Waals surface area contributed by atoms with Crippen LogP contribution in [0.15, 0.2) is 28.6 Å². The Bertz CT molecular complexity index is 593. The number of anilines is 1. The summed E-state index contributed by atoms with van der Waals surface area (Å²) in [6, 6.07) is 3.92. The summed E-state index contributed by atoms with van der Waals surface area (Å²) in [6.45, 7) is 0.484. The molecule has 0 unspecified atom stereocenters. The Kier molecular flexibility index (Phi) is 3.68. The van der Waals surface area contributed by atoms with Crippen molar-refractivity contribution in [2.45, 2.75) is 6.42 Å². The highest BCUT2D eigenvalue weighted by Crippen LogP contribution is 2.15. The molecular weight excluding hydrogens is 256 g/mol. The van der Waals surface area contributed by atoms with Crippen molar-refractivity contribution in [2.75, 3.05) is 11.9 Å². The van der Waals surface area contributed by atoms with Crippen LogP contribution in [-0.4, -0.2) is 21.4 Å². The van der Waals surface area contributed by atoms with Crippen LogP contribution in [0.4, 0.5) is 11.5 Å². The number of aromatic amines is 1. The highest BCUT2D eigenvalue weighted by molar-refractivity contribution is 7.09. The summed E-state index contributed by atoms with van der Waals surface area (Å²) < 4.78 is 0. The average Bonchev–Trinajstić information content (AvgIpc) is 2.81. The zero-order valence-corrected chi connectivity index (χ0v) is 10.1. The van der Waals surface area contributed by atoms with E-state index in [0.29, 0.717) is 6.54 Å². The van der Waals surface area contributed by atoms with Crippen molar-refractivity contribution < 1.29 is 4.92 Å². The van der Waals surface area contributed by atoms with Crippen LogP contribution in [0.25, 0.3) is 0 Å². The molecule has 2 heterocycles. The summed E-state index contributed by atoms with van der Waals surface area (Å²) in [6.07, 6.45) is 1.87. The third kappa shape index (κ3) is 2.72. The van der Waals surface area contributed by atoms with Crippen LogP contribution < -0.4 is 10.9 Å². The molecule has 0 fully saturated rings. The summed E-state index contributed by atoms with van der Waals surface area (Å²) in [5, 5.41) is 15.5. The maximum absolute atomic E-state index is 11.3. The van der Waals surface area contributed by atoms with Gasteiger partial charge in [-0.25, -0.2) is 4.98 Å². The Balaban J connectivity index is 2.07. The molecule has 0 radical (unpaired) electrons. The third-order valence-corrected chi connectivity index (χ3v) is 3.19. The lowest BCUT2D eigenvalue weighted by molar-refractivity contribution is -0.385. The average molecular weight is 266 g/mol. The minimum Gasteiger partial charge on any atom is -0.364 e. The van der Waals surface area contributed by atoms with Gasteiger partial charge in [0.1, 0.15) is 0 Å². The standard InChI is InChI=1S/C10H10N4O3S/c15-10-8(14(16)17)9(12-6-13-10)11-4-3-7-2-1-5-18-7/h1-2,5-6H,3-4H2,(H2,11,12,13,15). The SMILES string of the molecule is O=c1[nH]cnc(NCCc2cccs2)c1[N+](=O)[O-]. The molecule has 94 valence electrons. The quantitative estimate of drug-likeness (QED) is 0.629. The molecule has 0 aliphatic rings. The molecule has 0 aliphatic carbocycles. The molecule has 0 saturated heterocycles. The van der Waals surface area contributed by atoms with E-state index in [1.165, 1.54) is 0 Å². The van der Waals surface area contributed by atoms with Crippen molar-refractivity contribution in [3.8, 4) is 0 Å². The Morgan fingerprint density at radius 1 is 1.56 bits per heavy atom. The number of hydrogen-bond acceptors (Lipinski definition) is 6. The van der Waals surface area contributed by atoms with Crippen molar-refractivity contribution in [3.63, 3.8) is 0 Å².